The second kappa shape index (κ2) is 7.34. The molecular weight excluding hydrogens is 214 g/mol. The Kier molecular flexibility index (Phi) is 6.45. The molecule has 0 amide bonds. The molecule has 102 valence electrons. The van der Waals surface area contributed by atoms with Crippen molar-refractivity contribution in [3.8, 4) is 0 Å². The Hall–Kier alpha value is -0.120. The van der Waals surface area contributed by atoms with Crippen LogP contribution in [0, 0.1) is 5.92 Å². The zero-order chi connectivity index (χ0) is 12.7. The average molecular weight is 243 g/mol. The molecular formula is C14H29NO2. The molecule has 0 aliphatic heterocycles. The van der Waals surface area contributed by atoms with Gasteiger partial charge in [0.2, 0.25) is 0 Å². The van der Waals surface area contributed by atoms with Crippen LogP contribution in [0.5, 0.6) is 0 Å². The third kappa shape index (κ3) is 4.23. The smallest absolute Gasteiger partial charge is 0.0832 e. The van der Waals surface area contributed by atoms with Gasteiger partial charge in [-0.2, -0.15) is 0 Å². The van der Waals surface area contributed by atoms with Crippen molar-refractivity contribution < 1.29 is 9.47 Å². The summed E-state index contributed by atoms with van der Waals surface area (Å²) in [6.07, 6.45) is 6.77. The van der Waals surface area contributed by atoms with Gasteiger partial charge in [-0.3, -0.25) is 0 Å². The third-order valence-electron chi connectivity index (χ3n) is 4.09. The van der Waals surface area contributed by atoms with Gasteiger partial charge in [-0.05, 0) is 51.4 Å². The fraction of sp³-hybridized carbons (Fsp3) is 1.00. The van der Waals surface area contributed by atoms with Crippen molar-refractivity contribution in [1.29, 1.82) is 0 Å². The highest BCUT2D eigenvalue weighted by molar-refractivity contribution is 4.94. The van der Waals surface area contributed by atoms with Crippen molar-refractivity contribution in [2.75, 3.05) is 20.3 Å². The Morgan fingerprint density at radius 3 is 2.53 bits per heavy atom. The minimum absolute atomic E-state index is 0.0605. The van der Waals surface area contributed by atoms with Gasteiger partial charge in [-0.15, -0.1) is 0 Å². The van der Waals surface area contributed by atoms with E-state index in [4.69, 9.17) is 15.2 Å². The van der Waals surface area contributed by atoms with E-state index in [1.54, 1.807) is 7.11 Å². The molecule has 0 aromatic rings. The lowest BCUT2D eigenvalue weighted by Gasteiger charge is -2.43. The first-order valence-electron chi connectivity index (χ1n) is 7.03. The molecule has 0 aromatic heterocycles. The Balaban J connectivity index is 2.51. The minimum Gasteiger partial charge on any atom is -0.385 e. The van der Waals surface area contributed by atoms with Gasteiger partial charge in [0.15, 0.2) is 0 Å². The Bertz CT molecular complexity index is 200. The van der Waals surface area contributed by atoms with Gasteiger partial charge in [-0.1, -0.05) is 6.92 Å². The first-order chi connectivity index (χ1) is 8.14. The van der Waals surface area contributed by atoms with E-state index < -0.39 is 0 Å². The number of methoxy groups -OCH3 is 1. The summed E-state index contributed by atoms with van der Waals surface area (Å²) in [5.41, 5.74) is 6.31. The number of ether oxygens (including phenoxy) is 2. The first kappa shape index (κ1) is 14.9. The highest BCUT2D eigenvalue weighted by atomic mass is 16.5. The summed E-state index contributed by atoms with van der Waals surface area (Å²) in [5.74, 6) is 0.828. The monoisotopic (exact) mass is 243 g/mol. The van der Waals surface area contributed by atoms with Crippen LogP contribution in [0.25, 0.3) is 0 Å². The molecule has 1 aliphatic carbocycles. The van der Waals surface area contributed by atoms with Crippen molar-refractivity contribution in [2.24, 2.45) is 11.7 Å². The van der Waals surface area contributed by atoms with Crippen LogP contribution in [-0.2, 0) is 9.47 Å². The number of rotatable bonds is 7. The van der Waals surface area contributed by atoms with Gasteiger partial charge in [0.1, 0.15) is 0 Å². The Labute approximate surface area is 106 Å². The molecule has 1 saturated carbocycles. The molecule has 0 aromatic carbocycles. The van der Waals surface area contributed by atoms with Crippen LogP contribution >= 0.6 is 0 Å². The predicted molar refractivity (Wildman–Crippen MR) is 71.1 cm³/mol. The van der Waals surface area contributed by atoms with E-state index in [1.165, 1.54) is 12.8 Å². The van der Waals surface area contributed by atoms with Gasteiger partial charge in [0.05, 0.1) is 5.60 Å². The van der Waals surface area contributed by atoms with Crippen molar-refractivity contribution in [3.63, 3.8) is 0 Å². The van der Waals surface area contributed by atoms with Crippen LogP contribution in [-0.4, -0.2) is 32.0 Å². The molecule has 3 nitrogen and oxygen atoms in total. The molecule has 17 heavy (non-hydrogen) atoms. The molecule has 1 unspecified atom stereocenters. The van der Waals surface area contributed by atoms with E-state index in [0.717, 1.165) is 44.8 Å². The lowest BCUT2D eigenvalue weighted by molar-refractivity contribution is -0.0907. The van der Waals surface area contributed by atoms with E-state index in [1.807, 2.05) is 0 Å². The normalized spacial score (nSPS) is 31.4. The molecule has 1 aliphatic rings. The van der Waals surface area contributed by atoms with Gasteiger partial charge in [0.25, 0.3) is 0 Å². The summed E-state index contributed by atoms with van der Waals surface area (Å²) in [6, 6.07) is 0.157. The molecule has 3 heteroatoms. The van der Waals surface area contributed by atoms with Crippen molar-refractivity contribution in [3.05, 3.63) is 0 Å². The van der Waals surface area contributed by atoms with Crippen LogP contribution in [0.4, 0.5) is 0 Å². The maximum Gasteiger partial charge on any atom is 0.0832 e. The summed E-state index contributed by atoms with van der Waals surface area (Å²) in [7, 11) is 1.74. The fourth-order valence-corrected chi connectivity index (χ4v) is 2.87. The van der Waals surface area contributed by atoms with Crippen molar-refractivity contribution in [1.82, 2.24) is 0 Å². The van der Waals surface area contributed by atoms with E-state index in [9.17, 15) is 0 Å². The Morgan fingerprint density at radius 2 is 2.00 bits per heavy atom. The number of hydrogen-bond donors (Lipinski definition) is 1. The topological polar surface area (TPSA) is 44.5 Å². The summed E-state index contributed by atoms with van der Waals surface area (Å²) in [4.78, 5) is 0. The maximum atomic E-state index is 6.38. The standard InChI is InChI=1S/C14H29NO2/c1-4-17-14(9-7-12(2)8-10-14)13(15)6-5-11-16-3/h12-13H,4-11,15H2,1-3H3. The molecule has 2 N–H and O–H groups in total. The maximum absolute atomic E-state index is 6.38. The molecule has 0 radical (unpaired) electrons. The lowest BCUT2D eigenvalue weighted by Crippen LogP contribution is -2.52. The second-order valence-electron chi connectivity index (χ2n) is 5.42. The molecule has 0 saturated heterocycles. The zero-order valence-electron chi connectivity index (χ0n) is 11.7. The molecule has 0 bridgehead atoms. The SMILES string of the molecule is CCOC1(C(N)CCCOC)CCC(C)CC1. The molecule has 0 heterocycles. The number of nitrogens with two attached hydrogens (primary N) is 1. The van der Waals surface area contributed by atoms with E-state index in [0.29, 0.717) is 0 Å². The van der Waals surface area contributed by atoms with Crippen LogP contribution < -0.4 is 5.73 Å². The summed E-state index contributed by atoms with van der Waals surface area (Å²) >= 11 is 0. The van der Waals surface area contributed by atoms with Crippen molar-refractivity contribution >= 4 is 0 Å². The quantitative estimate of drug-likeness (QED) is 0.699. The van der Waals surface area contributed by atoms with Gasteiger partial charge in [0, 0.05) is 26.4 Å². The highest BCUT2D eigenvalue weighted by Crippen LogP contribution is 2.37. The highest BCUT2D eigenvalue weighted by Gasteiger charge is 2.39. The third-order valence-corrected chi connectivity index (χ3v) is 4.09. The molecule has 1 atom stereocenters. The van der Waals surface area contributed by atoms with Crippen LogP contribution in [0.3, 0.4) is 0 Å². The van der Waals surface area contributed by atoms with Crippen LogP contribution in [0.15, 0.2) is 0 Å². The molecule has 0 spiro atoms. The lowest BCUT2D eigenvalue weighted by atomic mass is 9.74. The largest absolute Gasteiger partial charge is 0.385 e. The average Bonchev–Trinajstić information content (AvgIpc) is 2.33. The fourth-order valence-electron chi connectivity index (χ4n) is 2.87. The van der Waals surface area contributed by atoms with E-state index >= 15 is 0 Å². The minimum atomic E-state index is -0.0605. The summed E-state index contributed by atoms with van der Waals surface area (Å²) in [6.45, 7) is 5.96. The van der Waals surface area contributed by atoms with Crippen LogP contribution in [0.2, 0.25) is 0 Å². The second-order valence-corrected chi connectivity index (χ2v) is 5.42. The predicted octanol–water partition coefficient (Wildman–Crippen LogP) is 2.73. The van der Waals surface area contributed by atoms with Crippen molar-refractivity contribution in [2.45, 2.75) is 64.0 Å². The van der Waals surface area contributed by atoms with Gasteiger partial charge in [-0.25, -0.2) is 0 Å². The van der Waals surface area contributed by atoms with E-state index in [-0.39, 0.29) is 11.6 Å². The summed E-state index contributed by atoms with van der Waals surface area (Å²) in [5, 5.41) is 0. The zero-order valence-corrected chi connectivity index (χ0v) is 11.7. The molecule has 1 rings (SSSR count). The number of hydrogen-bond acceptors (Lipinski definition) is 3. The van der Waals surface area contributed by atoms with Crippen LogP contribution in [0.1, 0.15) is 52.4 Å². The van der Waals surface area contributed by atoms with Gasteiger partial charge < -0.3 is 15.2 Å². The van der Waals surface area contributed by atoms with E-state index in [2.05, 4.69) is 13.8 Å². The van der Waals surface area contributed by atoms with Gasteiger partial charge >= 0.3 is 0 Å². The Morgan fingerprint density at radius 1 is 1.35 bits per heavy atom. The molecule has 1 fully saturated rings. The summed E-state index contributed by atoms with van der Waals surface area (Å²) < 4.78 is 11.1. The first-order valence-corrected chi connectivity index (χ1v) is 7.03.